The number of halogens is 1. The Morgan fingerprint density at radius 1 is 1.43 bits per heavy atom. The number of hydrogen-bond acceptors (Lipinski definition) is 4. The predicted molar refractivity (Wildman–Crippen MR) is 94.6 cm³/mol. The number of aliphatic imine (C=N–C) groups is 1. The predicted octanol–water partition coefficient (Wildman–Crippen LogP) is 4.34. The van der Waals surface area contributed by atoms with Gasteiger partial charge in [0.15, 0.2) is 5.88 Å². The lowest BCUT2D eigenvalue weighted by Gasteiger charge is -2.04. The fraction of sp³-hybridized carbons (Fsp3) is 0.312. The van der Waals surface area contributed by atoms with Crippen LogP contribution in [0.5, 0.6) is 5.88 Å². The van der Waals surface area contributed by atoms with Crippen LogP contribution in [0.1, 0.15) is 38.8 Å². The lowest BCUT2D eigenvalue weighted by Crippen LogP contribution is -2.00. The van der Waals surface area contributed by atoms with Crippen molar-refractivity contribution in [2.45, 2.75) is 33.2 Å². The van der Waals surface area contributed by atoms with Crippen LogP contribution in [0.15, 0.2) is 34.1 Å². The summed E-state index contributed by atoms with van der Waals surface area (Å²) in [7, 11) is 0. The Kier molecular flexibility index (Phi) is 4.21. The summed E-state index contributed by atoms with van der Waals surface area (Å²) in [6, 6.07) is 2.21. The van der Waals surface area contributed by atoms with Gasteiger partial charge in [0.25, 0.3) is 0 Å². The van der Waals surface area contributed by atoms with Crippen molar-refractivity contribution in [3.05, 3.63) is 34.7 Å². The zero-order valence-corrected chi connectivity index (χ0v) is 14.8. The van der Waals surface area contributed by atoms with Crippen molar-refractivity contribution in [1.29, 1.82) is 0 Å². The van der Waals surface area contributed by atoms with E-state index in [4.69, 9.17) is 0 Å². The first-order valence-electron chi connectivity index (χ1n) is 7.47. The van der Waals surface area contributed by atoms with E-state index in [2.05, 4.69) is 49.8 Å². The summed E-state index contributed by atoms with van der Waals surface area (Å²) in [5.41, 5.74) is 2.89. The molecule has 0 aliphatic heterocycles. The number of rotatable bonds is 4. The van der Waals surface area contributed by atoms with E-state index in [0.717, 1.165) is 21.3 Å². The minimum atomic E-state index is 0.0856. The van der Waals surface area contributed by atoms with E-state index < -0.39 is 0 Å². The van der Waals surface area contributed by atoms with Crippen molar-refractivity contribution in [2.24, 2.45) is 4.99 Å². The summed E-state index contributed by atoms with van der Waals surface area (Å²) < 4.78 is 2.72. The van der Waals surface area contributed by atoms with E-state index in [1.807, 2.05) is 23.9 Å². The Morgan fingerprint density at radius 2 is 2.22 bits per heavy atom. The number of hydrogen-bond donors (Lipinski definition) is 2. The Hall–Kier alpha value is -2.15. The molecule has 0 spiro atoms. The molecule has 3 rings (SSSR count). The maximum atomic E-state index is 10.3. The summed E-state index contributed by atoms with van der Waals surface area (Å²) in [5.74, 6) is 0.0856. The fourth-order valence-electron chi connectivity index (χ4n) is 2.46. The lowest BCUT2D eigenvalue weighted by molar-refractivity contribution is 0.457. The molecule has 0 saturated carbocycles. The van der Waals surface area contributed by atoms with Gasteiger partial charge in [-0.1, -0.05) is 6.92 Å². The highest BCUT2D eigenvalue weighted by Gasteiger charge is 2.17. The van der Waals surface area contributed by atoms with Gasteiger partial charge in [0.2, 0.25) is 0 Å². The lowest BCUT2D eigenvalue weighted by atomic mass is 10.1. The first-order valence-corrected chi connectivity index (χ1v) is 8.27. The third-order valence-electron chi connectivity index (χ3n) is 3.60. The zero-order chi connectivity index (χ0) is 16.6. The van der Waals surface area contributed by atoms with Crippen LogP contribution in [0, 0.1) is 0 Å². The van der Waals surface area contributed by atoms with Gasteiger partial charge in [-0.05, 0) is 42.3 Å². The molecule has 23 heavy (non-hydrogen) atoms. The zero-order valence-electron chi connectivity index (χ0n) is 13.2. The van der Waals surface area contributed by atoms with Crippen LogP contribution in [0.25, 0.3) is 11.0 Å². The van der Waals surface area contributed by atoms with E-state index in [9.17, 15) is 5.11 Å². The van der Waals surface area contributed by atoms with Crippen LogP contribution in [-0.2, 0) is 0 Å². The van der Waals surface area contributed by atoms with E-state index in [1.165, 1.54) is 0 Å². The minimum Gasteiger partial charge on any atom is -0.494 e. The number of pyridine rings is 1. The van der Waals surface area contributed by atoms with Crippen LogP contribution < -0.4 is 0 Å². The molecule has 2 N–H and O–H groups in total. The minimum absolute atomic E-state index is 0.0856. The number of fused-ring (bicyclic) bond motifs is 1. The van der Waals surface area contributed by atoms with Gasteiger partial charge >= 0.3 is 0 Å². The topological polar surface area (TPSA) is 79.1 Å². The average molecular weight is 376 g/mol. The number of H-pyrrole nitrogens is 1. The molecule has 120 valence electrons. The second-order valence-electron chi connectivity index (χ2n) is 5.58. The van der Waals surface area contributed by atoms with Crippen molar-refractivity contribution in [3.8, 4) is 5.88 Å². The van der Waals surface area contributed by atoms with Crippen molar-refractivity contribution in [1.82, 2.24) is 19.7 Å². The largest absolute Gasteiger partial charge is 0.494 e. The molecule has 0 atom stereocenters. The molecule has 0 aromatic carbocycles. The van der Waals surface area contributed by atoms with Crippen molar-refractivity contribution >= 4 is 38.4 Å². The van der Waals surface area contributed by atoms with Gasteiger partial charge in [-0.25, -0.2) is 9.98 Å². The Balaban J connectivity index is 2.11. The van der Waals surface area contributed by atoms with Crippen LogP contribution in [0.2, 0.25) is 0 Å². The van der Waals surface area contributed by atoms with Crippen LogP contribution in [-0.4, -0.2) is 30.6 Å². The number of aromatic amines is 1. The summed E-state index contributed by atoms with van der Waals surface area (Å²) in [6.07, 6.45) is 6.01. The third-order valence-corrected chi connectivity index (χ3v) is 4.04. The molecule has 3 heterocycles. The van der Waals surface area contributed by atoms with Crippen LogP contribution in [0.3, 0.4) is 0 Å². The SMILES string of the molecule is CCC(=Nc1cnn(C(C)C)c1)c1c(O)[nH]c2ncc(Br)cc12. The van der Waals surface area contributed by atoms with Gasteiger partial charge in [0.1, 0.15) is 11.3 Å². The molecule has 0 radical (unpaired) electrons. The molecule has 0 unspecified atom stereocenters. The van der Waals surface area contributed by atoms with Crippen LogP contribution >= 0.6 is 15.9 Å². The molecule has 0 amide bonds. The maximum absolute atomic E-state index is 10.3. The summed E-state index contributed by atoms with van der Waals surface area (Å²) in [6.45, 7) is 6.14. The first-order chi connectivity index (χ1) is 11.0. The highest BCUT2D eigenvalue weighted by molar-refractivity contribution is 9.10. The third kappa shape index (κ3) is 3.01. The monoisotopic (exact) mass is 375 g/mol. The standard InChI is InChI=1S/C16H18BrN5O/c1-4-13(20-11-7-19-22(8-11)9(2)3)14-12-5-10(17)6-18-15(12)21-16(14)23/h5-9,23H,4H2,1-3H3,(H,18,21). The highest BCUT2D eigenvalue weighted by Crippen LogP contribution is 2.30. The molecule has 0 bridgehead atoms. The Morgan fingerprint density at radius 3 is 2.87 bits per heavy atom. The highest BCUT2D eigenvalue weighted by atomic mass is 79.9. The van der Waals surface area contributed by atoms with Crippen LogP contribution in [0.4, 0.5) is 5.69 Å². The van der Waals surface area contributed by atoms with Crippen molar-refractivity contribution < 1.29 is 5.11 Å². The number of aromatic hydroxyl groups is 1. The number of nitrogens with one attached hydrogen (secondary N) is 1. The fourth-order valence-corrected chi connectivity index (χ4v) is 2.79. The van der Waals surface area contributed by atoms with Gasteiger partial charge in [-0.3, -0.25) is 4.68 Å². The molecule has 3 aromatic heterocycles. The molecule has 6 nitrogen and oxygen atoms in total. The summed E-state index contributed by atoms with van der Waals surface area (Å²) >= 11 is 3.42. The van der Waals surface area contributed by atoms with Gasteiger partial charge < -0.3 is 10.1 Å². The molecular formula is C16H18BrN5O. The van der Waals surface area contributed by atoms with E-state index >= 15 is 0 Å². The molecule has 7 heteroatoms. The average Bonchev–Trinajstić information content (AvgIpc) is 3.09. The quantitative estimate of drug-likeness (QED) is 0.665. The first kappa shape index (κ1) is 15.7. The number of nitrogens with zero attached hydrogens (tertiary/aromatic N) is 4. The van der Waals surface area contributed by atoms with Gasteiger partial charge in [-0.15, -0.1) is 0 Å². The smallest absolute Gasteiger partial charge is 0.199 e. The summed E-state index contributed by atoms with van der Waals surface area (Å²) in [5, 5.41) is 15.4. The normalized spacial score (nSPS) is 12.5. The van der Waals surface area contributed by atoms with Crippen molar-refractivity contribution in [3.63, 3.8) is 0 Å². The van der Waals surface area contributed by atoms with E-state index in [1.54, 1.807) is 12.4 Å². The molecule has 0 saturated heterocycles. The van der Waals surface area contributed by atoms with E-state index in [0.29, 0.717) is 17.6 Å². The Bertz CT molecular complexity index is 878. The van der Waals surface area contributed by atoms with Crippen molar-refractivity contribution in [2.75, 3.05) is 0 Å². The molecule has 3 aromatic rings. The molecular weight excluding hydrogens is 358 g/mol. The van der Waals surface area contributed by atoms with Gasteiger partial charge in [-0.2, -0.15) is 5.10 Å². The second kappa shape index (κ2) is 6.16. The summed E-state index contributed by atoms with van der Waals surface area (Å²) in [4.78, 5) is 11.9. The van der Waals surface area contributed by atoms with Gasteiger partial charge in [0.05, 0.1) is 23.7 Å². The molecule has 0 aliphatic carbocycles. The second-order valence-corrected chi connectivity index (χ2v) is 6.50. The number of aromatic nitrogens is 4. The Labute approximate surface area is 142 Å². The van der Waals surface area contributed by atoms with Gasteiger partial charge in [0, 0.05) is 22.1 Å². The van der Waals surface area contributed by atoms with E-state index in [-0.39, 0.29) is 11.9 Å². The molecule has 0 fully saturated rings. The molecule has 0 aliphatic rings. The maximum Gasteiger partial charge on any atom is 0.199 e.